The van der Waals surface area contributed by atoms with Gasteiger partial charge in [-0.15, -0.1) is 24.0 Å². The molecule has 0 spiro atoms. The van der Waals surface area contributed by atoms with Gasteiger partial charge in [0.2, 0.25) is 0 Å². The third kappa shape index (κ3) is 7.81. The van der Waals surface area contributed by atoms with Crippen LogP contribution in [0, 0.1) is 0 Å². The van der Waals surface area contributed by atoms with Gasteiger partial charge in [0.25, 0.3) is 0 Å². The Kier molecular flexibility index (Phi) is 10.2. The lowest BCUT2D eigenvalue weighted by Gasteiger charge is -2.27. The van der Waals surface area contributed by atoms with Gasteiger partial charge in [-0.3, -0.25) is 4.99 Å². The van der Waals surface area contributed by atoms with Gasteiger partial charge < -0.3 is 20.6 Å². The third-order valence-corrected chi connectivity index (χ3v) is 4.50. The van der Waals surface area contributed by atoms with Gasteiger partial charge >= 0.3 is 0 Å². The maximum atomic E-state index is 9.61. The van der Waals surface area contributed by atoms with Gasteiger partial charge in [0.1, 0.15) is 0 Å². The van der Waals surface area contributed by atoms with Crippen LogP contribution < -0.4 is 15.5 Å². The van der Waals surface area contributed by atoms with Crippen LogP contribution in [-0.4, -0.2) is 50.4 Å². The summed E-state index contributed by atoms with van der Waals surface area (Å²) in [5, 5.41) is 16.4. The summed E-state index contributed by atoms with van der Waals surface area (Å²) in [5.74, 6) is 0.892. The van der Waals surface area contributed by atoms with Crippen LogP contribution in [0.15, 0.2) is 29.3 Å². The largest absolute Gasteiger partial charge is 0.393 e. The average Bonchev–Trinajstić information content (AvgIpc) is 2.57. The van der Waals surface area contributed by atoms with Gasteiger partial charge in [0.05, 0.1) is 6.10 Å². The predicted molar refractivity (Wildman–Crippen MR) is 117 cm³/mol. The summed E-state index contributed by atoms with van der Waals surface area (Å²) >= 11 is 0. The zero-order valence-corrected chi connectivity index (χ0v) is 18.0. The lowest BCUT2D eigenvalue weighted by molar-refractivity contribution is 0.120. The van der Waals surface area contributed by atoms with Gasteiger partial charge in [-0.1, -0.05) is 12.1 Å². The van der Waals surface area contributed by atoms with E-state index >= 15 is 0 Å². The normalized spacial score (nSPS) is 20.6. The molecule has 1 aliphatic rings. The number of nitrogens with zero attached hydrogens (tertiary/aromatic N) is 2. The molecule has 1 saturated carbocycles. The van der Waals surface area contributed by atoms with E-state index in [9.17, 15) is 5.11 Å². The van der Waals surface area contributed by atoms with E-state index in [0.717, 1.165) is 51.2 Å². The summed E-state index contributed by atoms with van der Waals surface area (Å²) in [6.45, 7) is 3.71. The molecule has 0 unspecified atom stereocenters. The van der Waals surface area contributed by atoms with Crippen molar-refractivity contribution in [3.05, 3.63) is 29.8 Å². The summed E-state index contributed by atoms with van der Waals surface area (Å²) in [5.41, 5.74) is 2.53. The number of hydrogen-bond acceptors (Lipinski definition) is 3. The number of aliphatic hydroxyl groups excluding tert-OH is 1. The number of aliphatic hydroxyl groups is 1. The fourth-order valence-electron chi connectivity index (χ4n) is 2.99. The van der Waals surface area contributed by atoms with Crippen molar-refractivity contribution in [1.82, 2.24) is 10.6 Å². The van der Waals surface area contributed by atoms with E-state index in [1.807, 2.05) is 0 Å². The quantitative estimate of drug-likeness (QED) is 0.347. The maximum absolute atomic E-state index is 9.61. The van der Waals surface area contributed by atoms with Gasteiger partial charge in [0.15, 0.2) is 5.96 Å². The minimum Gasteiger partial charge on any atom is -0.393 e. The molecular weight excluding hydrogens is 427 g/mol. The molecule has 1 aromatic rings. The van der Waals surface area contributed by atoms with Crippen molar-refractivity contribution >= 4 is 35.6 Å². The smallest absolute Gasteiger partial charge is 0.191 e. The van der Waals surface area contributed by atoms with Crippen LogP contribution >= 0.6 is 24.0 Å². The summed E-state index contributed by atoms with van der Waals surface area (Å²) in [4.78, 5) is 6.81. The fraction of sp³-hybridized carbons (Fsp3) is 0.632. The SMILES string of the molecule is CCNC(=NCCc1ccc(N(C)C)cc1)NC1CCC(O)CC1.I. The van der Waals surface area contributed by atoms with Crippen molar-refractivity contribution in [2.75, 3.05) is 32.1 Å². The van der Waals surface area contributed by atoms with E-state index in [2.05, 4.69) is 60.8 Å². The zero-order valence-electron chi connectivity index (χ0n) is 15.7. The monoisotopic (exact) mass is 460 g/mol. The second kappa shape index (κ2) is 11.6. The first-order chi connectivity index (χ1) is 11.6. The molecule has 3 N–H and O–H groups in total. The first-order valence-electron chi connectivity index (χ1n) is 9.07. The molecule has 6 heteroatoms. The Balaban J connectivity index is 0.00000312. The van der Waals surface area contributed by atoms with E-state index in [0.29, 0.717) is 6.04 Å². The molecule has 0 radical (unpaired) electrons. The van der Waals surface area contributed by atoms with Gasteiger partial charge in [0, 0.05) is 38.9 Å². The van der Waals surface area contributed by atoms with E-state index in [4.69, 9.17) is 4.99 Å². The number of nitrogens with one attached hydrogen (secondary N) is 2. The molecule has 0 atom stereocenters. The van der Waals surface area contributed by atoms with Crippen LogP contribution in [0.1, 0.15) is 38.2 Å². The van der Waals surface area contributed by atoms with Crippen molar-refractivity contribution in [2.24, 2.45) is 4.99 Å². The molecule has 25 heavy (non-hydrogen) atoms. The maximum Gasteiger partial charge on any atom is 0.191 e. The van der Waals surface area contributed by atoms with Gasteiger partial charge in [-0.05, 0) is 56.7 Å². The molecule has 1 aliphatic carbocycles. The standard InChI is InChI=1S/C19H32N4O.HI/c1-4-20-19(22-16-7-11-18(24)12-8-16)21-14-13-15-5-9-17(10-6-15)23(2)3;/h5-6,9-10,16,18,24H,4,7-8,11-14H2,1-3H3,(H2,20,21,22);1H. The highest BCUT2D eigenvalue weighted by Crippen LogP contribution is 2.18. The Hall–Kier alpha value is -1.02. The van der Waals surface area contributed by atoms with Crippen molar-refractivity contribution in [3.63, 3.8) is 0 Å². The van der Waals surface area contributed by atoms with Crippen LogP contribution in [0.2, 0.25) is 0 Å². The lowest BCUT2D eigenvalue weighted by Crippen LogP contribution is -2.45. The molecular formula is C19H33IN4O. The topological polar surface area (TPSA) is 59.9 Å². The molecule has 1 aromatic carbocycles. The molecule has 0 amide bonds. The van der Waals surface area contributed by atoms with E-state index in [-0.39, 0.29) is 30.1 Å². The van der Waals surface area contributed by atoms with E-state index in [1.165, 1.54) is 11.3 Å². The van der Waals surface area contributed by atoms with E-state index < -0.39 is 0 Å². The van der Waals surface area contributed by atoms with Crippen molar-refractivity contribution in [1.29, 1.82) is 0 Å². The number of halogens is 1. The highest BCUT2D eigenvalue weighted by atomic mass is 127. The third-order valence-electron chi connectivity index (χ3n) is 4.50. The molecule has 5 nitrogen and oxygen atoms in total. The zero-order chi connectivity index (χ0) is 17.4. The van der Waals surface area contributed by atoms with Crippen molar-refractivity contribution in [2.45, 2.75) is 51.2 Å². The van der Waals surface area contributed by atoms with E-state index in [1.54, 1.807) is 0 Å². The molecule has 0 saturated heterocycles. The predicted octanol–water partition coefficient (Wildman–Crippen LogP) is 2.77. The first-order valence-corrected chi connectivity index (χ1v) is 9.07. The van der Waals surface area contributed by atoms with Gasteiger partial charge in [-0.2, -0.15) is 0 Å². The summed E-state index contributed by atoms with van der Waals surface area (Å²) in [6.07, 6.45) is 4.61. The fourth-order valence-corrected chi connectivity index (χ4v) is 2.99. The number of anilines is 1. The molecule has 0 aromatic heterocycles. The molecule has 1 fully saturated rings. The second-order valence-corrected chi connectivity index (χ2v) is 6.72. The Morgan fingerprint density at radius 1 is 1.16 bits per heavy atom. The second-order valence-electron chi connectivity index (χ2n) is 6.72. The van der Waals surface area contributed by atoms with Gasteiger partial charge in [-0.25, -0.2) is 0 Å². The van der Waals surface area contributed by atoms with Crippen LogP contribution in [0.5, 0.6) is 0 Å². The minimum absolute atomic E-state index is 0. The first kappa shape index (κ1) is 22.0. The Labute approximate surface area is 169 Å². The summed E-state index contributed by atoms with van der Waals surface area (Å²) < 4.78 is 0. The number of rotatable bonds is 6. The van der Waals surface area contributed by atoms with Crippen LogP contribution in [0.3, 0.4) is 0 Å². The number of aliphatic imine (C=N–C) groups is 1. The molecule has 0 heterocycles. The Bertz CT molecular complexity index is 511. The van der Waals surface area contributed by atoms with Crippen molar-refractivity contribution < 1.29 is 5.11 Å². The molecule has 0 aliphatic heterocycles. The van der Waals surface area contributed by atoms with Crippen LogP contribution in [0.25, 0.3) is 0 Å². The highest BCUT2D eigenvalue weighted by molar-refractivity contribution is 14.0. The summed E-state index contributed by atoms with van der Waals surface area (Å²) in [6, 6.07) is 9.07. The number of guanidine groups is 1. The number of benzene rings is 1. The number of hydrogen-bond donors (Lipinski definition) is 3. The molecule has 142 valence electrons. The lowest BCUT2D eigenvalue weighted by atomic mass is 9.93. The van der Waals surface area contributed by atoms with Crippen molar-refractivity contribution in [3.8, 4) is 0 Å². The Morgan fingerprint density at radius 2 is 1.80 bits per heavy atom. The Morgan fingerprint density at radius 3 is 2.36 bits per heavy atom. The molecule has 0 bridgehead atoms. The minimum atomic E-state index is -0.118. The summed E-state index contributed by atoms with van der Waals surface area (Å²) in [7, 11) is 4.11. The van der Waals surface area contributed by atoms with Crippen LogP contribution in [0.4, 0.5) is 5.69 Å². The molecule has 2 rings (SSSR count). The average molecular weight is 460 g/mol. The van der Waals surface area contributed by atoms with Crippen LogP contribution in [-0.2, 0) is 6.42 Å². The highest BCUT2D eigenvalue weighted by Gasteiger charge is 2.19.